The summed E-state index contributed by atoms with van der Waals surface area (Å²) < 4.78 is 1.88. The number of halogens is 3. The molecule has 4 aromatic rings. The van der Waals surface area contributed by atoms with Crippen molar-refractivity contribution < 1.29 is 4.79 Å². The lowest BCUT2D eigenvalue weighted by Crippen LogP contribution is -2.32. The molecular formula is C25H21Cl3N4OS. The van der Waals surface area contributed by atoms with Crippen LogP contribution < -0.4 is 5.32 Å². The fourth-order valence-electron chi connectivity index (χ4n) is 3.50. The van der Waals surface area contributed by atoms with Crippen LogP contribution in [0.4, 0.5) is 0 Å². The van der Waals surface area contributed by atoms with Gasteiger partial charge >= 0.3 is 0 Å². The number of amides is 1. The predicted molar refractivity (Wildman–Crippen MR) is 139 cm³/mol. The van der Waals surface area contributed by atoms with Crippen molar-refractivity contribution in [2.75, 3.05) is 5.88 Å². The first kappa shape index (κ1) is 24.6. The van der Waals surface area contributed by atoms with Crippen LogP contribution in [-0.4, -0.2) is 26.6 Å². The van der Waals surface area contributed by atoms with Gasteiger partial charge in [-0.15, -0.1) is 21.8 Å². The molecule has 3 aromatic carbocycles. The normalized spacial score (nSPS) is 11.9. The summed E-state index contributed by atoms with van der Waals surface area (Å²) in [6, 6.07) is 24.8. The van der Waals surface area contributed by atoms with E-state index in [0.717, 1.165) is 11.1 Å². The summed E-state index contributed by atoms with van der Waals surface area (Å²) in [5.74, 6) is 0.804. The number of carbonyl (C=O) groups is 1. The number of rotatable bonds is 9. The van der Waals surface area contributed by atoms with Gasteiger partial charge in [0.25, 0.3) is 0 Å². The summed E-state index contributed by atoms with van der Waals surface area (Å²) in [6.07, 6.45) is 0.510. The molecule has 0 saturated heterocycles. The maximum Gasteiger partial charge on any atom is 0.235 e. The van der Waals surface area contributed by atoms with E-state index in [-0.39, 0.29) is 11.8 Å². The van der Waals surface area contributed by atoms with E-state index in [1.54, 1.807) is 12.1 Å². The summed E-state index contributed by atoms with van der Waals surface area (Å²) in [5, 5.41) is 13.6. The van der Waals surface area contributed by atoms with Crippen molar-refractivity contribution >= 4 is 52.5 Å². The molecule has 0 saturated carbocycles. The molecule has 1 amide bonds. The zero-order valence-electron chi connectivity index (χ0n) is 18.0. The Labute approximate surface area is 217 Å². The van der Waals surface area contributed by atoms with Gasteiger partial charge in [-0.1, -0.05) is 95.6 Å². The maximum atomic E-state index is 12.3. The van der Waals surface area contributed by atoms with E-state index >= 15 is 0 Å². The summed E-state index contributed by atoms with van der Waals surface area (Å²) in [6.45, 7) is 0. The maximum absolute atomic E-state index is 12.3. The molecule has 4 rings (SSSR count). The van der Waals surface area contributed by atoms with Gasteiger partial charge in [0.2, 0.25) is 5.91 Å². The van der Waals surface area contributed by atoms with E-state index in [4.69, 9.17) is 34.8 Å². The van der Waals surface area contributed by atoms with E-state index < -0.39 is 6.04 Å². The van der Waals surface area contributed by atoms with Gasteiger partial charge in [0.15, 0.2) is 11.0 Å². The summed E-state index contributed by atoms with van der Waals surface area (Å²) in [5.41, 5.74) is 2.87. The third-order valence-electron chi connectivity index (χ3n) is 5.07. The molecule has 9 heteroatoms. The molecule has 0 radical (unpaired) electrons. The topological polar surface area (TPSA) is 59.8 Å². The molecule has 0 aliphatic carbocycles. The first-order valence-electron chi connectivity index (χ1n) is 10.5. The monoisotopic (exact) mass is 530 g/mol. The van der Waals surface area contributed by atoms with Crippen molar-refractivity contribution in [1.29, 1.82) is 0 Å². The second-order valence-electron chi connectivity index (χ2n) is 7.49. The molecule has 5 nitrogen and oxygen atoms in total. The Morgan fingerprint density at radius 1 is 0.941 bits per heavy atom. The molecule has 0 spiro atoms. The third-order valence-corrected chi connectivity index (χ3v) is 6.85. The lowest BCUT2D eigenvalue weighted by atomic mass is 10.1. The standard InChI is InChI=1S/C25H21Cl3N4OS/c26-15-23(33)29-21(13-17-7-3-1-4-8-17)24-30-31-25(34-16-18-9-5-2-6-10-18)32(24)22-12-11-19(27)14-20(22)28/h1-12,14,21H,13,15-16H2,(H,29,33). The van der Waals surface area contributed by atoms with Crippen molar-refractivity contribution in [3.8, 4) is 5.69 Å². The number of alkyl halides is 1. The SMILES string of the molecule is O=C(CCl)NC(Cc1ccccc1)c1nnc(SCc2ccccc2)n1-c1ccc(Cl)cc1Cl. The zero-order valence-corrected chi connectivity index (χ0v) is 21.1. The van der Waals surface area contributed by atoms with Crippen molar-refractivity contribution in [3.05, 3.63) is 106 Å². The molecule has 1 aromatic heterocycles. The largest absolute Gasteiger partial charge is 0.345 e. The molecule has 0 aliphatic heterocycles. The lowest BCUT2D eigenvalue weighted by Gasteiger charge is -2.20. The van der Waals surface area contributed by atoms with Crippen LogP contribution in [-0.2, 0) is 17.0 Å². The number of benzene rings is 3. The minimum atomic E-state index is -0.473. The minimum absolute atomic E-state index is 0.156. The predicted octanol–water partition coefficient (Wildman–Crippen LogP) is 6.51. The second kappa shape index (κ2) is 11.8. The smallest absolute Gasteiger partial charge is 0.235 e. The van der Waals surface area contributed by atoms with E-state index in [9.17, 15) is 4.79 Å². The van der Waals surface area contributed by atoms with E-state index in [1.165, 1.54) is 11.8 Å². The highest BCUT2D eigenvalue weighted by atomic mass is 35.5. The molecule has 0 bridgehead atoms. The van der Waals surface area contributed by atoms with Gasteiger partial charge in [-0.2, -0.15) is 0 Å². The second-order valence-corrected chi connectivity index (χ2v) is 9.54. The Morgan fingerprint density at radius 3 is 2.26 bits per heavy atom. The average molecular weight is 532 g/mol. The fraction of sp³-hybridized carbons (Fsp3) is 0.160. The highest BCUT2D eigenvalue weighted by molar-refractivity contribution is 7.98. The average Bonchev–Trinajstić information content (AvgIpc) is 3.27. The molecule has 34 heavy (non-hydrogen) atoms. The number of carbonyl (C=O) groups excluding carboxylic acids is 1. The van der Waals surface area contributed by atoms with Gasteiger partial charge in [0, 0.05) is 10.8 Å². The Kier molecular flexibility index (Phi) is 8.51. The van der Waals surface area contributed by atoms with Gasteiger partial charge in [-0.05, 0) is 35.7 Å². The molecular weight excluding hydrogens is 511 g/mol. The van der Waals surface area contributed by atoms with Crippen molar-refractivity contribution in [1.82, 2.24) is 20.1 Å². The molecule has 0 aliphatic rings. The van der Waals surface area contributed by atoms with E-state index in [0.29, 0.717) is 38.9 Å². The third kappa shape index (κ3) is 6.13. The molecule has 1 unspecified atom stereocenters. The Balaban J connectivity index is 1.77. The first-order chi connectivity index (χ1) is 16.5. The van der Waals surface area contributed by atoms with Crippen LogP contribution in [0.2, 0.25) is 10.0 Å². The molecule has 1 heterocycles. The van der Waals surface area contributed by atoms with Gasteiger partial charge in [-0.25, -0.2) is 0 Å². The number of aromatic nitrogens is 3. The van der Waals surface area contributed by atoms with Crippen molar-refractivity contribution in [2.24, 2.45) is 0 Å². The van der Waals surface area contributed by atoms with E-state index in [1.807, 2.05) is 59.2 Å². The highest BCUT2D eigenvalue weighted by Crippen LogP contribution is 2.33. The number of hydrogen-bond donors (Lipinski definition) is 1. The molecule has 1 atom stereocenters. The Morgan fingerprint density at radius 2 is 1.62 bits per heavy atom. The molecule has 0 fully saturated rings. The first-order valence-corrected chi connectivity index (χ1v) is 12.8. The molecule has 174 valence electrons. The van der Waals surface area contributed by atoms with Gasteiger partial charge in [-0.3, -0.25) is 9.36 Å². The van der Waals surface area contributed by atoms with Gasteiger partial charge in [0.1, 0.15) is 5.88 Å². The fourth-order valence-corrected chi connectivity index (χ4v) is 4.98. The van der Waals surface area contributed by atoms with Crippen LogP contribution in [0.25, 0.3) is 5.69 Å². The summed E-state index contributed by atoms with van der Waals surface area (Å²) in [7, 11) is 0. The quantitative estimate of drug-likeness (QED) is 0.198. The van der Waals surface area contributed by atoms with Crippen LogP contribution in [0.15, 0.2) is 84.0 Å². The van der Waals surface area contributed by atoms with Crippen LogP contribution in [0, 0.1) is 0 Å². The van der Waals surface area contributed by atoms with Crippen molar-refractivity contribution in [3.63, 3.8) is 0 Å². The highest BCUT2D eigenvalue weighted by Gasteiger charge is 2.25. The number of hydrogen-bond acceptors (Lipinski definition) is 4. The van der Waals surface area contributed by atoms with Crippen LogP contribution in [0.3, 0.4) is 0 Å². The van der Waals surface area contributed by atoms with Gasteiger partial charge in [0.05, 0.1) is 16.8 Å². The van der Waals surface area contributed by atoms with Crippen molar-refractivity contribution in [2.45, 2.75) is 23.4 Å². The Hall–Kier alpha value is -2.51. The van der Waals surface area contributed by atoms with Crippen LogP contribution in [0.1, 0.15) is 23.0 Å². The number of nitrogens with one attached hydrogen (secondary N) is 1. The summed E-state index contributed by atoms with van der Waals surface area (Å²) >= 11 is 20.1. The molecule has 1 N–H and O–H groups in total. The summed E-state index contributed by atoms with van der Waals surface area (Å²) in [4.78, 5) is 12.3. The van der Waals surface area contributed by atoms with Crippen LogP contribution in [0.5, 0.6) is 0 Å². The number of nitrogens with zero attached hydrogens (tertiary/aromatic N) is 3. The number of thioether (sulfide) groups is 1. The van der Waals surface area contributed by atoms with Gasteiger partial charge < -0.3 is 5.32 Å². The zero-order chi connectivity index (χ0) is 23.9. The lowest BCUT2D eigenvalue weighted by molar-refractivity contribution is -0.119. The minimum Gasteiger partial charge on any atom is -0.345 e. The van der Waals surface area contributed by atoms with E-state index in [2.05, 4.69) is 27.6 Å². The Bertz CT molecular complexity index is 1250. The van der Waals surface area contributed by atoms with Crippen LogP contribution >= 0.6 is 46.6 Å².